The summed E-state index contributed by atoms with van der Waals surface area (Å²) in [5.41, 5.74) is -0.554. The SMILES string of the molecule is CC(C)(C)CCC1(O)CC(C(=O)N2C[C@@H]3C(=O)NC(=O)[C@@H]3C2)C1. The summed E-state index contributed by atoms with van der Waals surface area (Å²) in [5, 5.41) is 12.8. The van der Waals surface area contributed by atoms with Crippen LogP contribution >= 0.6 is 0 Å². The van der Waals surface area contributed by atoms with Gasteiger partial charge < -0.3 is 10.0 Å². The van der Waals surface area contributed by atoms with Crippen LogP contribution in [0.25, 0.3) is 0 Å². The normalized spacial score (nSPS) is 36.7. The molecule has 1 aliphatic carbocycles. The molecule has 0 radical (unpaired) electrons. The van der Waals surface area contributed by atoms with Crippen molar-refractivity contribution in [3.8, 4) is 0 Å². The van der Waals surface area contributed by atoms with E-state index in [1.54, 1.807) is 4.90 Å². The molecule has 6 nitrogen and oxygen atoms in total. The van der Waals surface area contributed by atoms with E-state index in [1.165, 1.54) is 0 Å². The van der Waals surface area contributed by atoms with Crippen LogP contribution in [-0.2, 0) is 14.4 Å². The van der Waals surface area contributed by atoms with Crippen molar-refractivity contribution in [1.29, 1.82) is 0 Å². The lowest BCUT2D eigenvalue weighted by Gasteiger charge is -2.45. The zero-order valence-electron chi connectivity index (χ0n) is 14.1. The van der Waals surface area contributed by atoms with Crippen LogP contribution in [0.3, 0.4) is 0 Å². The molecule has 2 heterocycles. The zero-order chi connectivity index (χ0) is 17.0. The third-order valence-corrected chi connectivity index (χ3v) is 5.49. The maximum absolute atomic E-state index is 12.5. The lowest BCUT2D eigenvalue weighted by atomic mass is 9.66. The van der Waals surface area contributed by atoms with Gasteiger partial charge in [-0.3, -0.25) is 19.7 Å². The molecular formula is C17H26N2O4. The van der Waals surface area contributed by atoms with Gasteiger partial charge in [0.15, 0.2) is 0 Å². The van der Waals surface area contributed by atoms with Gasteiger partial charge in [-0.15, -0.1) is 0 Å². The molecule has 2 aliphatic heterocycles. The summed E-state index contributed by atoms with van der Waals surface area (Å²) in [6.45, 7) is 7.09. The maximum Gasteiger partial charge on any atom is 0.232 e. The van der Waals surface area contributed by atoms with Crippen molar-refractivity contribution in [3.63, 3.8) is 0 Å². The smallest absolute Gasteiger partial charge is 0.232 e. The van der Waals surface area contributed by atoms with Gasteiger partial charge in [-0.1, -0.05) is 20.8 Å². The molecule has 1 saturated carbocycles. The van der Waals surface area contributed by atoms with E-state index in [-0.39, 0.29) is 40.9 Å². The lowest BCUT2D eigenvalue weighted by Crippen LogP contribution is -2.51. The molecule has 2 N–H and O–H groups in total. The summed E-state index contributed by atoms with van der Waals surface area (Å²) in [6.07, 6.45) is 2.63. The summed E-state index contributed by atoms with van der Waals surface area (Å²) in [6, 6.07) is 0. The first-order chi connectivity index (χ1) is 10.6. The van der Waals surface area contributed by atoms with E-state index in [1.807, 2.05) is 0 Å². The fourth-order valence-electron chi connectivity index (χ4n) is 3.92. The number of nitrogens with zero attached hydrogens (tertiary/aromatic N) is 1. The Morgan fingerprint density at radius 1 is 1.22 bits per heavy atom. The molecule has 3 fully saturated rings. The molecular weight excluding hydrogens is 296 g/mol. The van der Waals surface area contributed by atoms with Crippen molar-refractivity contribution in [1.82, 2.24) is 10.2 Å². The number of amides is 3. The fourth-order valence-corrected chi connectivity index (χ4v) is 3.92. The molecule has 0 unspecified atom stereocenters. The number of nitrogens with one attached hydrogen (secondary N) is 1. The van der Waals surface area contributed by atoms with Crippen LogP contribution in [0.5, 0.6) is 0 Å². The van der Waals surface area contributed by atoms with Gasteiger partial charge in [0, 0.05) is 19.0 Å². The summed E-state index contributed by atoms with van der Waals surface area (Å²) < 4.78 is 0. The monoisotopic (exact) mass is 322 g/mol. The Hall–Kier alpha value is -1.43. The van der Waals surface area contributed by atoms with Gasteiger partial charge in [0.1, 0.15) is 0 Å². The molecule has 0 aromatic rings. The molecule has 2 saturated heterocycles. The second kappa shape index (κ2) is 5.30. The van der Waals surface area contributed by atoms with E-state index < -0.39 is 5.60 Å². The Bertz CT molecular complexity index is 523. The number of carbonyl (C=O) groups excluding carboxylic acids is 3. The van der Waals surface area contributed by atoms with Crippen molar-refractivity contribution in [2.24, 2.45) is 23.2 Å². The van der Waals surface area contributed by atoms with Crippen LogP contribution in [0.1, 0.15) is 46.5 Å². The predicted octanol–water partition coefficient (Wildman–Crippen LogP) is 0.685. The molecule has 2 atom stereocenters. The largest absolute Gasteiger partial charge is 0.390 e. The molecule has 0 aromatic heterocycles. The molecule has 0 spiro atoms. The highest BCUT2D eigenvalue weighted by Gasteiger charge is 2.52. The van der Waals surface area contributed by atoms with E-state index in [9.17, 15) is 19.5 Å². The number of aliphatic hydroxyl groups is 1. The Morgan fingerprint density at radius 2 is 1.74 bits per heavy atom. The summed E-state index contributed by atoms with van der Waals surface area (Å²) in [7, 11) is 0. The van der Waals surface area contributed by atoms with Gasteiger partial charge in [0.05, 0.1) is 17.4 Å². The highest BCUT2D eigenvalue weighted by molar-refractivity contribution is 6.06. The number of hydrogen-bond donors (Lipinski definition) is 2. The van der Waals surface area contributed by atoms with Gasteiger partial charge in [-0.25, -0.2) is 0 Å². The Balaban J connectivity index is 1.52. The lowest BCUT2D eigenvalue weighted by molar-refractivity contribution is -0.152. The van der Waals surface area contributed by atoms with E-state index in [4.69, 9.17) is 0 Å². The van der Waals surface area contributed by atoms with Gasteiger partial charge in [-0.05, 0) is 31.1 Å². The highest BCUT2D eigenvalue weighted by Crippen LogP contribution is 2.44. The van der Waals surface area contributed by atoms with Crippen molar-refractivity contribution < 1.29 is 19.5 Å². The number of rotatable bonds is 3. The van der Waals surface area contributed by atoms with Gasteiger partial charge in [-0.2, -0.15) is 0 Å². The summed E-state index contributed by atoms with van der Waals surface area (Å²) >= 11 is 0. The number of fused-ring (bicyclic) bond motifs is 1. The third-order valence-electron chi connectivity index (χ3n) is 5.49. The van der Waals surface area contributed by atoms with E-state index >= 15 is 0 Å². The topological polar surface area (TPSA) is 86.7 Å². The molecule has 3 rings (SSSR count). The zero-order valence-corrected chi connectivity index (χ0v) is 14.1. The maximum atomic E-state index is 12.5. The second-order valence-electron chi connectivity index (χ2n) is 8.70. The first-order valence-electron chi connectivity index (χ1n) is 8.44. The Labute approximate surface area is 136 Å². The van der Waals surface area contributed by atoms with Crippen molar-refractivity contribution in [3.05, 3.63) is 0 Å². The highest BCUT2D eigenvalue weighted by atomic mass is 16.3. The first kappa shape index (κ1) is 16.4. The Kier molecular flexibility index (Phi) is 3.78. The molecule has 3 aliphatic rings. The molecule has 6 heteroatoms. The fraction of sp³-hybridized carbons (Fsp3) is 0.824. The van der Waals surface area contributed by atoms with Crippen LogP contribution in [0.2, 0.25) is 0 Å². The van der Waals surface area contributed by atoms with Crippen molar-refractivity contribution in [2.75, 3.05) is 13.1 Å². The van der Waals surface area contributed by atoms with Crippen LogP contribution in [0.4, 0.5) is 0 Å². The standard InChI is InChI=1S/C17H26N2O4/c1-16(2,3)4-5-17(23)6-10(7-17)15(22)19-8-11-12(9-19)14(21)18-13(11)20/h10-12,23H,4-9H2,1-3H3,(H,18,20,21)/t10?,11-,12+,17?. The summed E-state index contributed by atoms with van der Waals surface area (Å²) in [5.74, 6) is -1.47. The molecule has 23 heavy (non-hydrogen) atoms. The number of hydrogen-bond acceptors (Lipinski definition) is 4. The molecule has 128 valence electrons. The summed E-state index contributed by atoms with van der Waals surface area (Å²) in [4.78, 5) is 37.5. The third kappa shape index (κ3) is 3.13. The van der Waals surface area contributed by atoms with Gasteiger partial charge in [0.25, 0.3) is 0 Å². The minimum Gasteiger partial charge on any atom is -0.390 e. The van der Waals surface area contributed by atoms with Crippen LogP contribution < -0.4 is 5.32 Å². The van der Waals surface area contributed by atoms with Gasteiger partial charge >= 0.3 is 0 Å². The van der Waals surface area contributed by atoms with E-state index in [0.29, 0.717) is 32.4 Å². The number of carbonyl (C=O) groups is 3. The minimum absolute atomic E-state index is 0.0135. The van der Waals surface area contributed by atoms with Crippen molar-refractivity contribution in [2.45, 2.75) is 52.1 Å². The molecule has 3 amide bonds. The predicted molar refractivity (Wildman–Crippen MR) is 83.1 cm³/mol. The average molecular weight is 322 g/mol. The van der Waals surface area contributed by atoms with Crippen LogP contribution in [0, 0.1) is 23.2 Å². The van der Waals surface area contributed by atoms with E-state index in [2.05, 4.69) is 26.1 Å². The van der Waals surface area contributed by atoms with Crippen LogP contribution in [-0.4, -0.2) is 46.4 Å². The average Bonchev–Trinajstić information content (AvgIpc) is 2.94. The van der Waals surface area contributed by atoms with Gasteiger partial charge in [0.2, 0.25) is 17.7 Å². The quantitative estimate of drug-likeness (QED) is 0.748. The van der Waals surface area contributed by atoms with E-state index in [0.717, 1.165) is 6.42 Å². The second-order valence-corrected chi connectivity index (χ2v) is 8.70. The number of imide groups is 1. The number of likely N-dealkylation sites (tertiary alicyclic amines) is 1. The molecule has 0 bridgehead atoms. The van der Waals surface area contributed by atoms with Crippen molar-refractivity contribution >= 4 is 17.7 Å². The van der Waals surface area contributed by atoms with Crippen LogP contribution in [0.15, 0.2) is 0 Å². The minimum atomic E-state index is -0.726. The first-order valence-corrected chi connectivity index (χ1v) is 8.44. The Morgan fingerprint density at radius 3 is 2.22 bits per heavy atom. The molecule has 0 aromatic carbocycles.